The second-order valence-electron chi connectivity index (χ2n) is 4.32. The van der Waals surface area contributed by atoms with E-state index in [1.165, 1.54) is 12.1 Å². The Balaban J connectivity index is 2.45. The Morgan fingerprint density at radius 3 is 2.48 bits per heavy atom. The van der Waals surface area contributed by atoms with Crippen molar-refractivity contribution in [2.75, 3.05) is 0 Å². The van der Waals surface area contributed by atoms with Crippen molar-refractivity contribution in [3.05, 3.63) is 63.3 Å². The van der Waals surface area contributed by atoms with Crippen LogP contribution in [0.2, 0.25) is 5.02 Å². The number of aromatic hydroxyl groups is 1. The summed E-state index contributed by atoms with van der Waals surface area (Å²) < 4.78 is 32.7. The highest BCUT2D eigenvalue weighted by Gasteiger charge is 2.22. The van der Waals surface area contributed by atoms with Crippen LogP contribution in [0, 0.1) is 11.6 Å². The Labute approximate surface area is 122 Å². The lowest BCUT2D eigenvalue weighted by Crippen LogP contribution is -2.03. The largest absolute Gasteiger partial charge is 0.502 e. The first kappa shape index (κ1) is 13.6. The molecule has 0 fully saturated rings. The molecule has 0 bridgehead atoms. The van der Waals surface area contributed by atoms with Crippen LogP contribution in [-0.2, 0) is 0 Å². The molecule has 106 valence electrons. The maximum Gasteiger partial charge on any atom is 0.235 e. The lowest BCUT2D eigenvalue weighted by molar-refractivity contribution is 0.447. The number of para-hydroxylation sites is 1. The Morgan fingerprint density at radius 1 is 1.05 bits per heavy atom. The summed E-state index contributed by atoms with van der Waals surface area (Å²) in [7, 11) is 0. The van der Waals surface area contributed by atoms with Gasteiger partial charge in [-0.05, 0) is 24.3 Å². The first-order valence-electron chi connectivity index (χ1n) is 5.89. The van der Waals surface area contributed by atoms with Crippen LogP contribution >= 0.6 is 11.6 Å². The van der Waals surface area contributed by atoms with Crippen molar-refractivity contribution in [3.63, 3.8) is 0 Å². The quantitative estimate of drug-likeness (QED) is 0.689. The van der Waals surface area contributed by atoms with Crippen molar-refractivity contribution in [2.24, 2.45) is 0 Å². The van der Waals surface area contributed by atoms with E-state index >= 15 is 0 Å². The molecule has 1 aromatic heterocycles. The molecule has 0 aliphatic heterocycles. The van der Waals surface area contributed by atoms with Crippen LogP contribution in [0.5, 0.6) is 5.75 Å². The number of halogens is 3. The van der Waals surface area contributed by atoms with Gasteiger partial charge in [0.15, 0.2) is 5.76 Å². The zero-order valence-corrected chi connectivity index (χ0v) is 11.1. The Bertz CT molecular complexity index is 919. The standard InChI is InChI=1S/C15H7ClF2O3/c16-12-9(18)6-5-8(17)11(12)15-14(20)13(19)7-3-1-2-4-10(7)21-15/h1-6,20H. The van der Waals surface area contributed by atoms with Crippen molar-refractivity contribution in [1.29, 1.82) is 0 Å². The van der Waals surface area contributed by atoms with Gasteiger partial charge >= 0.3 is 0 Å². The third-order valence-corrected chi connectivity index (χ3v) is 3.41. The molecule has 2 aromatic carbocycles. The van der Waals surface area contributed by atoms with Crippen molar-refractivity contribution < 1.29 is 18.3 Å². The summed E-state index contributed by atoms with van der Waals surface area (Å²) in [5.41, 5.74) is -1.10. The summed E-state index contributed by atoms with van der Waals surface area (Å²) in [4.78, 5) is 12.1. The fourth-order valence-corrected chi connectivity index (χ4v) is 2.28. The zero-order chi connectivity index (χ0) is 15.1. The second-order valence-corrected chi connectivity index (χ2v) is 4.70. The molecule has 0 radical (unpaired) electrons. The van der Waals surface area contributed by atoms with E-state index in [-0.39, 0.29) is 11.0 Å². The molecule has 0 spiro atoms. The van der Waals surface area contributed by atoms with Gasteiger partial charge in [-0.1, -0.05) is 23.7 Å². The van der Waals surface area contributed by atoms with Crippen LogP contribution in [0.4, 0.5) is 8.78 Å². The Kier molecular flexibility index (Phi) is 3.14. The topological polar surface area (TPSA) is 50.4 Å². The lowest BCUT2D eigenvalue weighted by Gasteiger charge is -2.09. The molecule has 21 heavy (non-hydrogen) atoms. The third-order valence-electron chi connectivity index (χ3n) is 3.04. The molecule has 3 rings (SSSR count). The summed E-state index contributed by atoms with van der Waals surface area (Å²) in [5.74, 6) is -3.11. The second kappa shape index (κ2) is 4.86. The van der Waals surface area contributed by atoms with Crippen LogP contribution < -0.4 is 5.43 Å². The van der Waals surface area contributed by atoms with Gasteiger partial charge in [0.25, 0.3) is 0 Å². The fraction of sp³-hybridized carbons (Fsp3) is 0. The number of hydrogen-bond donors (Lipinski definition) is 1. The third kappa shape index (κ3) is 2.06. The summed E-state index contributed by atoms with van der Waals surface area (Å²) in [6, 6.07) is 7.81. The molecule has 0 aliphatic carbocycles. The molecule has 0 saturated carbocycles. The first-order chi connectivity index (χ1) is 10.0. The highest BCUT2D eigenvalue weighted by molar-refractivity contribution is 6.33. The highest BCUT2D eigenvalue weighted by Crippen LogP contribution is 2.37. The maximum absolute atomic E-state index is 13.9. The predicted octanol–water partition coefficient (Wildman–Crippen LogP) is 4.10. The number of hydrogen-bond acceptors (Lipinski definition) is 3. The van der Waals surface area contributed by atoms with E-state index in [9.17, 15) is 18.7 Å². The van der Waals surface area contributed by atoms with Crippen LogP contribution in [0.25, 0.3) is 22.3 Å². The van der Waals surface area contributed by atoms with Crippen molar-refractivity contribution in [3.8, 4) is 17.1 Å². The van der Waals surface area contributed by atoms with E-state index in [2.05, 4.69) is 0 Å². The van der Waals surface area contributed by atoms with E-state index in [4.69, 9.17) is 16.0 Å². The normalized spacial score (nSPS) is 11.0. The summed E-state index contributed by atoms with van der Waals surface area (Å²) in [6.07, 6.45) is 0. The molecule has 0 atom stereocenters. The monoisotopic (exact) mass is 308 g/mol. The number of rotatable bonds is 1. The molecule has 6 heteroatoms. The van der Waals surface area contributed by atoms with Gasteiger partial charge in [-0.3, -0.25) is 4.79 Å². The SMILES string of the molecule is O=c1c(O)c(-c2c(F)ccc(F)c2Cl)oc2ccccc12. The lowest BCUT2D eigenvalue weighted by atomic mass is 10.1. The molecule has 3 aromatic rings. The van der Waals surface area contributed by atoms with E-state index in [0.29, 0.717) is 0 Å². The summed E-state index contributed by atoms with van der Waals surface area (Å²) in [6.45, 7) is 0. The molecule has 3 nitrogen and oxygen atoms in total. The van der Waals surface area contributed by atoms with Crippen molar-refractivity contribution in [1.82, 2.24) is 0 Å². The minimum Gasteiger partial charge on any atom is -0.502 e. The fourth-order valence-electron chi connectivity index (χ4n) is 2.04. The average Bonchev–Trinajstić information content (AvgIpc) is 2.48. The summed E-state index contributed by atoms with van der Waals surface area (Å²) >= 11 is 5.72. The van der Waals surface area contributed by atoms with Gasteiger partial charge in [0, 0.05) is 0 Å². The maximum atomic E-state index is 13.9. The van der Waals surface area contributed by atoms with Gasteiger partial charge in [-0.15, -0.1) is 0 Å². The molecule has 1 N–H and O–H groups in total. The van der Waals surface area contributed by atoms with E-state index in [1.54, 1.807) is 12.1 Å². The van der Waals surface area contributed by atoms with Gasteiger partial charge in [-0.2, -0.15) is 0 Å². The minimum atomic E-state index is -0.907. The van der Waals surface area contributed by atoms with Gasteiger partial charge < -0.3 is 9.52 Å². The Hall–Kier alpha value is -2.40. The number of fused-ring (bicyclic) bond motifs is 1. The summed E-state index contributed by atoms with van der Waals surface area (Å²) in [5, 5.41) is 9.50. The van der Waals surface area contributed by atoms with Gasteiger partial charge in [0.05, 0.1) is 16.0 Å². The number of benzene rings is 2. The van der Waals surface area contributed by atoms with E-state index in [0.717, 1.165) is 12.1 Å². The van der Waals surface area contributed by atoms with Crippen LogP contribution in [0.1, 0.15) is 0 Å². The van der Waals surface area contributed by atoms with Gasteiger partial charge in [0.1, 0.15) is 17.2 Å². The molecule has 0 amide bonds. The van der Waals surface area contributed by atoms with E-state index < -0.39 is 39.2 Å². The van der Waals surface area contributed by atoms with Crippen LogP contribution in [0.15, 0.2) is 45.6 Å². The minimum absolute atomic E-state index is 0.131. The molecule has 1 heterocycles. The highest BCUT2D eigenvalue weighted by atomic mass is 35.5. The molecule has 0 aliphatic rings. The van der Waals surface area contributed by atoms with Crippen molar-refractivity contribution in [2.45, 2.75) is 0 Å². The van der Waals surface area contributed by atoms with Gasteiger partial charge in [-0.25, -0.2) is 8.78 Å². The molecule has 0 unspecified atom stereocenters. The first-order valence-corrected chi connectivity index (χ1v) is 6.27. The predicted molar refractivity (Wildman–Crippen MR) is 74.5 cm³/mol. The van der Waals surface area contributed by atoms with Crippen LogP contribution in [-0.4, -0.2) is 5.11 Å². The molecular weight excluding hydrogens is 302 g/mol. The Morgan fingerprint density at radius 2 is 1.71 bits per heavy atom. The van der Waals surface area contributed by atoms with Crippen molar-refractivity contribution >= 4 is 22.6 Å². The average molecular weight is 309 g/mol. The molecular formula is C15H7ClF2O3. The zero-order valence-electron chi connectivity index (χ0n) is 10.4. The van der Waals surface area contributed by atoms with Crippen LogP contribution in [0.3, 0.4) is 0 Å². The van der Waals surface area contributed by atoms with E-state index in [1.807, 2.05) is 0 Å². The molecule has 0 saturated heterocycles. The smallest absolute Gasteiger partial charge is 0.235 e. The van der Waals surface area contributed by atoms with Gasteiger partial charge in [0.2, 0.25) is 11.2 Å².